The normalized spacial score (nSPS) is 10.4. The Bertz CT molecular complexity index is 741. The highest BCUT2D eigenvalue weighted by Crippen LogP contribution is 2.16. The van der Waals surface area contributed by atoms with E-state index in [1.807, 2.05) is 0 Å². The van der Waals surface area contributed by atoms with Gasteiger partial charge in [0.15, 0.2) is 6.61 Å². The van der Waals surface area contributed by atoms with Crippen LogP contribution in [0.4, 0.5) is 10.1 Å². The second kappa shape index (κ2) is 8.47. The fourth-order valence-electron chi connectivity index (χ4n) is 1.82. The average Bonchev–Trinajstić information content (AvgIpc) is 2.59. The summed E-state index contributed by atoms with van der Waals surface area (Å²) in [7, 11) is 1.52. The second-order valence-corrected chi connectivity index (χ2v) is 4.77. The van der Waals surface area contributed by atoms with Crippen molar-refractivity contribution >= 4 is 23.6 Å². The maximum absolute atomic E-state index is 12.8. The molecule has 0 fully saturated rings. The summed E-state index contributed by atoms with van der Waals surface area (Å²) in [4.78, 5) is 23.3. The molecule has 0 bridgehead atoms. The molecule has 0 radical (unpaired) electrons. The first-order chi connectivity index (χ1) is 11.6. The maximum atomic E-state index is 12.8. The summed E-state index contributed by atoms with van der Waals surface area (Å²) in [6, 6.07) is 12.4. The van der Waals surface area contributed by atoms with Gasteiger partial charge in [-0.15, -0.1) is 0 Å². The summed E-state index contributed by atoms with van der Waals surface area (Å²) >= 11 is 0. The molecule has 1 N–H and O–H groups in total. The van der Waals surface area contributed by atoms with Gasteiger partial charge in [0, 0.05) is 17.8 Å². The van der Waals surface area contributed by atoms with Gasteiger partial charge in [-0.2, -0.15) is 0 Å². The van der Waals surface area contributed by atoms with Crippen LogP contribution in [0.25, 0.3) is 6.08 Å². The van der Waals surface area contributed by atoms with Gasteiger partial charge in [0.1, 0.15) is 11.6 Å². The topological polar surface area (TPSA) is 64.6 Å². The summed E-state index contributed by atoms with van der Waals surface area (Å²) in [6.45, 7) is -0.413. The molecule has 6 heteroatoms. The number of amides is 1. The van der Waals surface area contributed by atoms with Gasteiger partial charge in [-0.05, 0) is 35.9 Å². The predicted molar refractivity (Wildman–Crippen MR) is 88.0 cm³/mol. The first-order valence-electron chi connectivity index (χ1n) is 7.11. The molecule has 1 amide bonds. The van der Waals surface area contributed by atoms with Crippen LogP contribution < -0.4 is 10.1 Å². The molecule has 0 unspecified atom stereocenters. The number of nitrogens with one attached hydrogen (secondary N) is 1. The zero-order valence-corrected chi connectivity index (χ0v) is 13.0. The van der Waals surface area contributed by atoms with Crippen LogP contribution in [0.2, 0.25) is 0 Å². The lowest BCUT2D eigenvalue weighted by molar-refractivity contribution is -0.142. The standard InChI is InChI=1S/C18H16FNO4/c1-23-16-4-2-3-15(11-16)20-17(21)12-24-18(22)10-7-13-5-8-14(19)9-6-13/h2-11H,12H2,1H3,(H,20,21)/b10-7+. The molecule has 0 atom stereocenters. The molecule has 5 nitrogen and oxygen atoms in total. The molecule has 0 saturated carbocycles. The van der Waals surface area contributed by atoms with Crippen LogP contribution in [-0.2, 0) is 14.3 Å². The molecule has 2 aromatic rings. The molecular weight excluding hydrogens is 313 g/mol. The van der Waals surface area contributed by atoms with E-state index in [1.54, 1.807) is 24.3 Å². The third kappa shape index (κ3) is 5.57. The summed E-state index contributed by atoms with van der Waals surface area (Å²) in [5.74, 6) is -0.886. The van der Waals surface area contributed by atoms with Crippen LogP contribution >= 0.6 is 0 Å². The number of esters is 1. The SMILES string of the molecule is COc1cccc(NC(=O)COC(=O)/C=C/c2ccc(F)cc2)c1. The fraction of sp³-hybridized carbons (Fsp3) is 0.111. The second-order valence-electron chi connectivity index (χ2n) is 4.77. The van der Waals surface area contributed by atoms with Crippen LogP contribution in [0, 0.1) is 5.82 Å². The van der Waals surface area contributed by atoms with Crippen LogP contribution in [0.5, 0.6) is 5.75 Å². The Kier molecular flexibility index (Phi) is 6.08. The van der Waals surface area contributed by atoms with Crippen molar-refractivity contribution in [1.82, 2.24) is 0 Å². The van der Waals surface area contributed by atoms with E-state index in [2.05, 4.69) is 5.32 Å². The Morgan fingerprint density at radius 1 is 1.17 bits per heavy atom. The molecule has 0 aliphatic carbocycles. The van der Waals surface area contributed by atoms with E-state index in [9.17, 15) is 14.0 Å². The van der Waals surface area contributed by atoms with Crippen molar-refractivity contribution in [3.63, 3.8) is 0 Å². The zero-order valence-electron chi connectivity index (χ0n) is 13.0. The molecule has 0 heterocycles. The highest BCUT2D eigenvalue weighted by Gasteiger charge is 2.06. The molecule has 24 heavy (non-hydrogen) atoms. The van der Waals surface area contributed by atoms with Gasteiger partial charge in [0.05, 0.1) is 7.11 Å². The van der Waals surface area contributed by atoms with E-state index in [0.717, 1.165) is 0 Å². The van der Waals surface area contributed by atoms with E-state index in [-0.39, 0.29) is 5.82 Å². The number of benzene rings is 2. The van der Waals surface area contributed by atoms with Gasteiger partial charge < -0.3 is 14.8 Å². The van der Waals surface area contributed by atoms with Crippen molar-refractivity contribution in [3.05, 3.63) is 66.0 Å². The number of hydrogen-bond acceptors (Lipinski definition) is 4. The summed E-state index contributed by atoms with van der Waals surface area (Å²) < 4.78 is 22.6. The predicted octanol–water partition coefficient (Wildman–Crippen LogP) is 3.03. The molecule has 2 aromatic carbocycles. The smallest absolute Gasteiger partial charge is 0.331 e. The van der Waals surface area contributed by atoms with E-state index in [1.165, 1.54) is 43.5 Å². The highest BCUT2D eigenvalue weighted by molar-refractivity contribution is 5.94. The van der Waals surface area contributed by atoms with Gasteiger partial charge >= 0.3 is 5.97 Å². The number of hydrogen-bond donors (Lipinski definition) is 1. The lowest BCUT2D eigenvalue weighted by Gasteiger charge is -2.07. The average molecular weight is 329 g/mol. The van der Waals surface area contributed by atoms with Crippen LogP contribution in [-0.4, -0.2) is 25.6 Å². The summed E-state index contributed by atoms with van der Waals surface area (Å²) in [6.07, 6.45) is 2.65. The fourth-order valence-corrected chi connectivity index (χ4v) is 1.82. The first kappa shape index (κ1) is 17.2. The molecule has 0 aliphatic heterocycles. The maximum Gasteiger partial charge on any atom is 0.331 e. The van der Waals surface area contributed by atoms with Crippen molar-refractivity contribution in [2.45, 2.75) is 0 Å². The number of carbonyl (C=O) groups excluding carboxylic acids is 2. The van der Waals surface area contributed by atoms with Gasteiger partial charge in [-0.3, -0.25) is 4.79 Å². The van der Waals surface area contributed by atoms with Gasteiger partial charge in [-0.25, -0.2) is 9.18 Å². The van der Waals surface area contributed by atoms with E-state index in [4.69, 9.17) is 9.47 Å². The molecule has 0 saturated heterocycles. The molecule has 2 rings (SSSR count). The van der Waals surface area contributed by atoms with Crippen molar-refractivity contribution in [2.24, 2.45) is 0 Å². The summed E-state index contributed by atoms with van der Waals surface area (Å²) in [5.41, 5.74) is 1.19. The Hall–Kier alpha value is -3.15. The molecule has 0 aromatic heterocycles. The van der Waals surface area contributed by atoms with E-state index in [0.29, 0.717) is 17.0 Å². The number of methoxy groups -OCH3 is 1. The molecule has 124 valence electrons. The van der Waals surface area contributed by atoms with E-state index < -0.39 is 18.5 Å². The lowest BCUT2D eigenvalue weighted by atomic mass is 10.2. The Labute approximate surface area is 138 Å². The third-order valence-electron chi connectivity index (χ3n) is 2.98. The van der Waals surface area contributed by atoms with Crippen LogP contribution in [0.15, 0.2) is 54.6 Å². The molecule has 0 spiro atoms. The highest BCUT2D eigenvalue weighted by atomic mass is 19.1. The van der Waals surface area contributed by atoms with Crippen molar-refractivity contribution in [1.29, 1.82) is 0 Å². The largest absolute Gasteiger partial charge is 0.497 e. The number of halogens is 1. The first-order valence-corrected chi connectivity index (χ1v) is 7.11. The zero-order chi connectivity index (χ0) is 17.4. The minimum Gasteiger partial charge on any atom is -0.497 e. The lowest BCUT2D eigenvalue weighted by Crippen LogP contribution is -2.20. The number of rotatable bonds is 6. The van der Waals surface area contributed by atoms with Crippen LogP contribution in [0.1, 0.15) is 5.56 Å². The van der Waals surface area contributed by atoms with Crippen molar-refractivity contribution < 1.29 is 23.5 Å². The van der Waals surface area contributed by atoms with Crippen molar-refractivity contribution in [3.8, 4) is 5.75 Å². The van der Waals surface area contributed by atoms with E-state index >= 15 is 0 Å². The molecular formula is C18H16FNO4. The number of ether oxygens (including phenoxy) is 2. The Morgan fingerprint density at radius 3 is 2.62 bits per heavy atom. The minimum atomic E-state index is -0.667. The van der Waals surface area contributed by atoms with Crippen LogP contribution in [0.3, 0.4) is 0 Å². The Morgan fingerprint density at radius 2 is 1.92 bits per heavy atom. The molecule has 0 aliphatic rings. The minimum absolute atomic E-state index is 0.357. The van der Waals surface area contributed by atoms with Crippen molar-refractivity contribution in [2.75, 3.05) is 19.0 Å². The van der Waals surface area contributed by atoms with Gasteiger partial charge in [0.25, 0.3) is 5.91 Å². The Balaban J connectivity index is 1.80. The number of anilines is 1. The number of carbonyl (C=O) groups is 2. The summed E-state index contributed by atoms with van der Waals surface area (Å²) in [5, 5.41) is 2.59. The quantitative estimate of drug-likeness (QED) is 0.653. The monoisotopic (exact) mass is 329 g/mol. The van der Waals surface area contributed by atoms with Gasteiger partial charge in [0.2, 0.25) is 0 Å². The van der Waals surface area contributed by atoms with Gasteiger partial charge in [-0.1, -0.05) is 18.2 Å². The third-order valence-corrected chi connectivity index (χ3v) is 2.98.